The molecule has 0 heterocycles. The van der Waals surface area contributed by atoms with E-state index in [0.717, 1.165) is 25.0 Å². The van der Waals surface area contributed by atoms with E-state index in [1.165, 1.54) is 12.1 Å². The highest BCUT2D eigenvalue weighted by molar-refractivity contribution is 5.85. The van der Waals surface area contributed by atoms with E-state index >= 15 is 0 Å². The zero-order chi connectivity index (χ0) is 11.8. The van der Waals surface area contributed by atoms with Crippen molar-refractivity contribution in [1.82, 2.24) is 0 Å². The van der Waals surface area contributed by atoms with E-state index in [2.05, 4.69) is 0 Å². The van der Waals surface area contributed by atoms with Gasteiger partial charge in [-0.05, 0) is 37.1 Å². The van der Waals surface area contributed by atoms with E-state index in [0.29, 0.717) is 5.75 Å². The van der Waals surface area contributed by atoms with Crippen LogP contribution < -0.4 is 10.5 Å². The van der Waals surface area contributed by atoms with Crippen molar-refractivity contribution in [3.05, 3.63) is 29.8 Å². The Kier molecular flexibility index (Phi) is 4.27. The number of rotatable bonds is 2. The maximum atomic E-state index is 12.3. The molecule has 2 rings (SSSR count). The van der Waals surface area contributed by atoms with E-state index in [9.17, 15) is 13.2 Å². The van der Waals surface area contributed by atoms with Crippen LogP contribution in [0, 0.1) is 0 Å². The first-order chi connectivity index (χ1) is 7.45. The minimum atomic E-state index is -4.29. The molecule has 0 bridgehead atoms. The fraction of sp³-hybridized carbons (Fsp3) is 0.455. The Hall–Kier alpha value is -0.940. The zero-order valence-electron chi connectivity index (χ0n) is 8.91. The van der Waals surface area contributed by atoms with Crippen molar-refractivity contribution >= 4 is 12.4 Å². The first-order valence-electron chi connectivity index (χ1n) is 5.04. The minimum absolute atomic E-state index is 0. The molecule has 1 aromatic carbocycles. The lowest BCUT2D eigenvalue weighted by Gasteiger charge is -2.32. The van der Waals surface area contributed by atoms with Crippen LogP contribution in [0.4, 0.5) is 13.2 Å². The standard InChI is InChI=1S/C11H12F3NO.ClH/c12-11(13,14)7-1-3-9(4-2-7)16-10-5-8(15)6-10;/h1-4,8,10H,5-6,15H2;1H/t8-,10-;. The van der Waals surface area contributed by atoms with Gasteiger partial charge in [-0.3, -0.25) is 0 Å². The van der Waals surface area contributed by atoms with Gasteiger partial charge in [0.2, 0.25) is 0 Å². The summed E-state index contributed by atoms with van der Waals surface area (Å²) >= 11 is 0. The Balaban J connectivity index is 0.00000144. The second kappa shape index (κ2) is 5.14. The third kappa shape index (κ3) is 3.51. The molecule has 0 radical (unpaired) electrons. The van der Waals surface area contributed by atoms with Gasteiger partial charge in [-0.25, -0.2) is 0 Å². The normalized spacial score (nSPS) is 23.5. The summed E-state index contributed by atoms with van der Waals surface area (Å²) in [6.07, 6.45) is -2.72. The van der Waals surface area contributed by atoms with Crippen LogP contribution in [0.2, 0.25) is 0 Å². The summed E-state index contributed by atoms with van der Waals surface area (Å²) in [4.78, 5) is 0. The van der Waals surface area contributed by atoms with Crippen molar-refractivity contribution in [3.8, 4) is 5.75 Å². The fourth-order valence-corrected chi connectivity index (χ4v) is 1.62. The quantitative estimate of drug-likeness (QED) is 0.894. The van der Waals surface area contributed by atoms with Crippen LogP contribution in [0.25, 0.3) is 0 Å². The number of benzene rings is 1. The number of halogens is 4. The average molecular weight is 268 g/mol. The Bertz CT molecular complexity index is 360. The van der Waals surface area contributed by atoms with Gasteiger partial charge in [0.15, 0.2) is 0 Å². The molecule has 0 aliphatic heterocycles. The van der Waals surface area contributed by atoms with Crippen molar-refractivity contribution in [1.29, 1.82) is 0 Å². The maximum Gasteiger partial charge on any atom is 0.416 e. The molecule has 0 spiro atoms. The van der Waals surface area contributed by atoms with Gasteiger partial charge < -0.3 is 10.5 Å². The van der Waals surface area contributed by atoms with E-state index in [1.54, 1.807) is 0 Å². The summed E-state index contributed by atoms with van der Waals surface area (Å²) in [5.41, 5.74) is 4.91. The number of hydrogen-bond acceptors (Lipinski definition) is 2. The SMILES string of the molecule is Cl.N[C@H]1C[C@H](Oc2ccc(C(F)(F)F)cc2)C1. The zero-order valence-corrected chi connectivity index (χ0v) is 9.72. The lowest BCUT2D eigenvalue weighted by atomic mass is 9.90. The molecule has 0 saturated heterocycles. The molecule has 2 N–H and O–H groups in total. The number of ether oxygens (including phenoxy) is 1. The molecule has 1 aliphatic rings. The number of hydrogen-bond donors (Lipinski definition) is 1. The van der Waals surface area contributed by atoms with Crippen LogP contribution in [0.15, 0.2) is 24.3 Å². The lowest BCUT2D eigenvalue weighted by molar-refractivity contribution is -0.137. The third-order valence-corrected chi connectivity index (χ3v) is 2.62. The first-order valence-corrected chi connectivity index (χ1v) is 5.04. The van der Waals surface area contributed by atoms with E-state index < -0.39 is 11.7 Å². The molecular weight excluding hydrogens is 255 g/mol. The van der Waals surface area contributed by atoms with Crippen LogP contribution >= 0.6 is 12.4 Å². The molecule has 2 nitrogen and oxygen atoms in total. The summed E-state index contributed by atoms with van der Waals surface area (Å²) < 4.78 is 42.2. The smallest absolute Gasteiger partial charge is 0.416 e. The summed E-state index contributed by atoms with van der Waals surface area (Å²) in [5.74, 6) is 0.463. The van der Waals surface area contributed by atoms with Gasteiger partial charge in [-0.15, -0.1) is 12.4 Å². The van der Waals surface area contributed by atoms with Crippen molar-refractivity contribution in [3.63, 3.8) is 0 Å². The summed E-state index contributed by atoms with van der Waals surface area (Å²) in [6.45, 7) is 0. The average Bonchev–Trinajstić information content (AvgIpc) is 2.15. The Morgan fingerprint density at radius 3 is 2.06 bits per heavy atom. The summed E-state index contributed by atoms with van der Waals surface area (Å²) in [6, 6.07) is 4.89. The molecule has 17 heavy (non-hydrogen) atoms. The second-order valence-electron chi connectivity index (χ2n) is 3.99. The molecule has 96 valence electrons. The molecule has 1 saturated carbocycles. The number of nitrogens with two attached hydrogens (primary N) is 1. The Labute approximate surface area is 103 Å². The molecule has 1 aliphatic carbocycles. The predicted molar refractivity (Wildman–Crippen MR) is 60.3 cm³/mol. The van der Waals surface area contributed by atoms with Gasteiger partial charge in [0.1, 0.15) is 11.9 Å². The van der Waals surface area contributed by atoms with Gasteiger partial charge in [-0.2, -0.15) is 13.2 Å². The molecular formula is C11H13ClF3NO. The Morgan fingerprint density at radius 2 is 1.65 bits per heavy atom. The molecule has 6 heteroatoms. The first kappa shape index (κ1) is 14.1. The van der Waals surface area contributed by atoms with E-state index in [-0.39, 0.29) is 24.6 Å². The van der Waals surface area contributed by atoms with E-state index in [4.69, 9.17) is 10.5 Å². The molecule has 0 aromatic heterocycles. The van der Waals surface area contributed by atoms with Crippen molar-refractivity contribution in [2.45, 2.75) is 31.2 Å². The van der Waals surface area contributed by atoms with Gasteiger partial charge in [0.05, 0.1) is 5.56 Å². The highest BCUT2D eigenvalue weighted by Gasteiger charge is 2.31. The predicted octanol–water partition coefficient (Wildman–Crippen LogP) is 3.00. The van der Waals surface area contributed by atoms with Crippen LogP contribution in [0.1, 0.15) is 18.4 Å². The number of alkyl halides is 3. The molecule has 0 atom stereocenters. The van der Waals surface area contributed by atoms with Gasteiger partial charge in [0.25, 0.3) is 0 Å². The van der Waals surface area contributed by atoms with Gasteiger partial charge in [0, 0.05) is 6.04 Å². The molecule has 0 unspecified atom stereocenters. The third-order valence-electron chi connectivity index (χ3n) is 2.62. The topological polar surface area (TPSA) is 35.2 Å². The van der Waals surface area contributed by atoms with Gasteiger partial charge in [-0.1, -0.05) is 0 Å². The summed E-state index contributed by atoms with van der Waals surface area (Å²) in [7, 11) is 0. The van der Waals surface area contributed by atoms with E-state index in [1.807, 2.05) is 0 Å². The fourth-order valence-electron chi connectivity index (χ4n) is 1.62. The molecule has 1 fully saturated rings. The lowest BCUT2D eigenvalue weighted by Crippen LogP contribution is -2.43. The monoisotopic (exact) mass is 267 g/mol. The van der Waals surface area contributed by atoms with Crippen LogP contribution in [-0.4, -0.2) is 12.1 Å². The van der Waals surface area contributed by atoms with Crippen LogP contribution in [0.5, 0.6) is 5.75 Å². The van der Waals surface area contributed by atoms with Crippen molar-refractivity contribution < 1.29 is 17.9 Å². The maximum absolute atomic E-state index is 12.3. The highest BCUT2D eigenvalue weighted by atomic mass is 35.5. The largest absolute Gasteiger partial charge is 0.490 e. The van der Waals surface area contributed by atoms with Gasteiger partial charge >= 0.3 is 6.18 Å². The Morgan fingerprint density at radius 1 is 1.12 bits per heavy atom. The molecule has 0 amide bonds. The minimum Gasteiger partial charge on any atom is -0.490 e. The van der Waals surface area contributed by atoms with Crippen molar-refractivity contribution in [2.24, 2.45) is 5.73 Å². The molecule has 1 aromatic rings. The second-order valence-corrected chi connectivity index (χ2v) is 3.99. The van der Waals surface area contributed by atoms with Crippen molar-refractivity contribution in [2.75, 3.05) is 0 Å². The summed E-state index contributed by atoms with van der Waals surface area (Å²) in [5, 5.41) is 0. The van der Waals surface area contributed by atoms with Crippen LogP contribution in [0.3, 0.4) is 0 Å². The highest BCUT2D eigenvalue weighted by Crippen LogP contribution is 2.31. The van der Waals surface area contributed by atoms with Crippen LogP contribution in [-0.2, 0) is 6.18 Å².